The summed E-state index contributed by atoms with van der Waals surface area (Å²) in [5, 5.41) is 7.91. The number of aromatic amines is 1. The predicted octanol–water partition coefficient (Wildman–Crippen LogP) is 9.29. The lowest BCUT2D eigenvalue weighted by Crippen LogP contribution is -1.93. The third kappa shape index (κ3) is 11.3. The smallest absolute Gasteiger partial charge is 0.0609 e. The van der Waals surface area contributed by atoms with Crippen molar-refractivity contribution in [3.05, 3.63) is 132 Å². The van der Waals surface area contributed by atoms with Gasteiger partial charge in [0.25, 0.3) is 0 Å². The van der Waals surface area contributed by atoms with Crippen molar-refractivity contribution in [2.24, 2.45) is 0 Å². The van der Waals surface area contributed by atoms with E-state index in [-0.39, 0.29) is 0 Å². The summed E-state index contributed by atoms with van der Waals surface area (Å²) < 4.78 is 0. The molecule has 4 aromatic rings. The van der Waals surface area contributed by atoms with Crippen LogP contribution in [-0.2, 0) is 6.42 Å². The zero-order chi connectivity index (χ0) is 25.0. The van der Waals surface area contributed by atoms with Crippen molar-refractivity contribution in [1.82, 2.24) is 4.98 Å². The molecule has 0 aliphatic rings. The molecular formula is C32H40N2. The molecule has 0 amide bonds. The number of hydrogen-bond donors (Lipinski definition) is 2. The molecule has 0 aliphatic carbocycles. The molecule has 0 aliphatic heterocycles. The SMILES string of the molecule is CC.CCC.Cc1ccc(-c2ccccc2)[nH]1.N=C(/C=C\Cc1ccccc1)c1ccccc1. The molecular weight excluding hydrogens is 412 g/mol. The lowest BCUT2D eigenvalue weighted by Gasteiger charge is -1.98. The zero-order valence-corrected chi connectivity index (χ0v) is 21.4. The molecule has 0 unspecified atom stereocenters. The second-order valence-electron chi connectivity index (χ2n) is 7.50. The van der Waals surface area contributed by atoms with E-state index in [9.17, 15) is 0 Å². The summed E-state index contributed by atoms with van der Waals surface area (Å²) in [6, 6.07) is 34.6. The van der Waals surface area contributed by atoms with Gasteiger partial charge >= 0.3 is 0 Å². The molecule has 0 atom stereocenters. The minimum atomic E-state index is 0.557. The van der Waals surface area contributed by atoms with Gasteiger partial charge in [0, 0.05) is 11.4 Å². The molecule has 2 N–H and O–H groups in total. The van der Waals surface area contributed by atoms with Gasteiger partial charge in [0.2, 0.25) is 0 Å². The first kappa shape index (κ1) is 28.4. The maximum Gasteiger partial charge on any atom is 0.0609 e. The minimum absolute atomic E-state index is 0.557. The molecule has 1 aromatic heterocycles. The molecule has 3 aromatic carbocycles. The summed E-state index contributed by atoms with van der Waals surface area (Å²) in [6.07, 6.45) is 6.02. The number of benzene rings is 3. The third-order valence-corrected chi connectivity index (χ3v) is 4.48. The molecule has 4 rings (SSSR count). The van der Waals surface area contributed by atoms with Crippen molar-refractivity contribution in [3.8, 4) is 11.3 Å². The van der Waals surface area contributed by atoms with Gasteiger partial charge in [0.15, 0.2) is 0 Å². The van der Waals surface area contributed by atoms with Gasteiger partial charge in [-0.05, 0) is 48.2 Å². The quantitative estimate of drug-likeness (QED) is 0.283. The van der Waals surface area contributed by atoms with E-state index in [1.165, 1.54) is 28.9 Å². The normalized spacial score (nSPS) is 9.56. The average Bonchev–Trinajstić information content (AvgIpc) is 3.34. The molecule has 0 fully saturated rings. The van der Waals surface area contributed by atoms with Gasteiger partial charge in [0.1, 0.15) is 0 Å². The maximum absolute atomic E-state index is 7.91. The fraction of sp³-hybridized carbons (Fsp3) is 0.219. The fourth-order valence-electron chi connectivity index (χ4n) is 2.93. The molecule has 2 heteroatoms. The van der Waals surface area contributed by atoms with Crippen molar-refractivity contribution in [2.45, 2.75) is 47.5 Å². The van der Waals surface area contributed by atoms with Gasteiger partial charge in [-0.1, -0.05) is 131 Å². The Labute approximate surface area is 206 Å². The highest BCUT2D eigenvalue weighted by Crippen LogP contribution is 2.17. The number of allylic oxidation sites excluding steroid dienone is 2. The van der Waals surface area contributed by atoms with Crippen LogP contribution in [0.25, 0.3) is 11.3 Å². The molecule has 0 radical (unpaired) electrons. The lowest BCUT2D eigenvalue weighted by molar-refractivity contribution is 1.09. The van der Waals surface area contributed by atoms with Crippen molar-refractivity contribution in [1.29, 1.82) is 5.41 Å². The number of rotatable bonds is 5. The van der Waals surface area contributed by atoms with Crippen molar-refractivity contribution in [2.75, 3.05) is 0 Å². The maximum atomic E-state index is 7.91. The Balaban J connectivity index is 0.000000297. The third-order valence-electron chi connectivity index (χ3n) is 4.48. The van der Waals surface area contributed by atoms with Crippen molar-refractivity contribution < 1.29 is 0 Å². The van der Waals surface area contributed by atoms with Crippen LogP contribution >= 0.6 is 0 Å². The van der Waals surface area contributed by atoms with E-state index in [0.29, 0.717) is 5.71 Å². The summed E-state index contributed by atoms with van der Waals surface area (Å²) in [4.78, 5) is 3.29. The topological polar surface area (TPSA) is 39.6 Å². The number of aromatic nitrogens is 1. The van der Waals surface area contributed by atoms with Crippen LogP contribution in [0.1, 0.15) is 50.9 Å². The molecule has 0 saturated heterocycles. The number of hydrogen-bond acceptors (Lipinski definition) is 1. The second-order valence-corrected chi connectivity index (χ2v) is 7.50. The lowest BCUT2D eigenvalue weighted by atomic mass is 10.1. The fourth-order valence-corrected chi connectivity index (χ4v) is 2.93. The summed E-state index contributed by atoms with van der Waals surface area (Å²) in [5.41, 5.74) is 6.41. The van der Waals surface area contributed by atoms with Gasteiger partial charge in [-0.15, -0.1) is 0 Å². The van der Waals surface area contributed by atoms with E-state index in [0.717, 1.165) is 12.0 Å². The summed E-state index contributed by atoms with van der Waals surface area (Å²) in [6.45, 7) is 10.3. The van der Waals surface area contributed by atoms with Gasteiger partial charge < -0.3 is 10.4 Å². The van der Waals surface area contributed by atoms with E-state index < -0.39 is 0 Å². The largest absolute Gasteiger partial charge is 0.359 e. The molecule has 0 spiro atoms. The zero-order valence-electron chi connectivity index (χ0n) is 21.4. The molecule has 1 heterocycles. The van der Waals surface area contributed by atoms with Crippen LogP contribution in [0.2, 0.25) is 0 Å². The second kappa shape index (κ2) is 17.9. The highest BCUT2D eigenvalue weighted by atomic mass is 14.7. The molecule has 0 bridgehead atoms. The molecule has 0 saturated carbocycles. The Bertz CT molecular complexity index is 1050. The first-order valence-electron chi connectivity index (χ1n) is 12.2. The van der Waals surface area contributed by atoms with E-state index >= 15 is 0 Å². The van der Waals surface area contributed by atoms with E-state index in [2.05, 4.69) is 62.2 Å². The first-order chi connectivity index (χ1) is 16.6. The minimum Gasteiger partial charge on any atom is -0.359 e. The van der Waals surface area contributed by atoms with Gasteiger partial charge in [-0.3, -0.25) is 0 Å². The van der Waals surface area contributed by atoms with Crippen LogP contribution in [0.4, 0.5) is 0 Å². The summed E-state index contributed by atoms with van der Waals surface area (Å²) in [5.74, 6) is 0. The van der Waals surface area contributed by atoms with Crippen molar-refractivity contribution in [3.63, 3.8) is 0 Å². The van der Waals surface area contributed by atoms with E-state index in [1.54, 1.807) is 0 Å². The van der Waals surface area contributed by atoms with Crippen molar-refractivity contribution >= 4 is 5.71 Å². The average molecular weight is 453 g/mol. The van der Waals surface area contributed by atoms with E-state index in [1.807, 2.05) is 92.7 Å². The van der Waals surface area contributed by atoms with Gasteiger partial charge in [0.05, 0.1) is 5.71 Å². The number of nitrogens with one attached hydrogen (secondary N) is 2. The van der Waals surface area contributed by atoms with Crippen LogP contribution in [0.15, 0.2) is 115 Å². The molecule has 34 heavy (non-hydrogen) atoms. The van der Waals surface area contributed by atoms with Crippen LogP contribution in [-0.4, -0.2) is 10.7 Å². The molecule has 2 nitrogen and oxygen atoms in total. The predicted molar refractivity (Wildman–Crippen MR) is 151 cm³/mol. The Morgan fingerprint density at radius 2 is 1.24 bits per heavy atom. The summed E-state index contributed by atoms with van der Waals surface area (Å²) >= 11 is 0. The Hall–Kier alpha value is -3.65. The summed E-state index contributed by atoms with van der Waals surface area (Å²) in [7, 11) is 0. The monoisotopic (exact) mass is 452 g/mol. The number of H-pyrrole nitrogens is 1. The van der Waals surface area contributed by atoms with E-state index in [4.69, 9.17) is 5.41 Å². The van der Waals surface area contributed by atoms with Crippen LogP contribution in [0.3, 0.4) is 0 Å². The number of aryl methyl sites for hydroxylation is 1. The van der Waals surface area contributed by atoms with Gasteiger partial charge in [-0.25, -0.2) is 0 Å². The van der Waals surface area contributed by atoms with Crippen LogP contribution in [0.5, 0.6) is 0 Å². The first-order valence-corrected chi connectivity index (χ1v) is 12.2. The van der Waals surface area contributed by atoms with Crippen LogP contribution in [0, 0.1) is 12.3 Å². The highest BCUT2D eigenvalue weighted by Gasteiger charge is 1.96. The Morgan fingerprint density at radius 3 is 1.74 bits per heavy atom. The highest BCUT2D eigenvalue weighted by molar-refractivity contribution is 6.06. The Morgan fingerprint density at radius 1 is 0.735 bits per heavy atom. The standard InChI is InChI=1S/C16H15N.C11H11N.C3H8.C2H6/c17-16(15-11-5-2-6-12-15)13-7-10-14-8-3-1-4-9-14;1-9-7-8-11(12-9)10-5-3-2-4-6-10;1-3-2;1-2/h1-9,11-13,17H,10H2;2-8,12H,1H3;3H2,1-2H3;1-2H3/b13-7-,17-16?;;;. The van der Waals surface area contributed by atoms with Gasteiger partial charge in [-0.2, -0.15) is 0 Å². The molecule has 178 valence electrons. The van der Waals surface area contributed by atoms with Crippen LogP contribution < -0.4 is 0 Å². The Kier molecular flexibility index (Phi) is 14.9.